The molecule has 1 heterocycles. The van der Waals surface area contributed by atoms with E-state index in [-0.39, 0.29) is 22.6 Å². The van der Waals surface area contributed by atoms with Crippen LogP contribution in [0.2, 0.25) is 36.3 Å². The molecule has 1 amide bonds. The maximum Gasteiger partial charge on any atom is 0.217 e. The zero-order chi connectivity index (χ0) is 21.4. The van der Waals surface area contributed by atoms with Crippen molar-refractivity contribution in [2.24, 2.45) is 0 Å². The third-order valence-corrected chi connectivity index (χ3v) is 15.2. The predicted molar refractivity (Wildman–Crippen MR) is 114 cm³/mol. The van der Waals surface area contributed by atoms with E-state index in [1.54, 1.807) is 0 Å². The summed E-state index contributed by atoms with van der Waals surface area (Å²) in [6.07, 6.45) is -1.58. The van der Waals surface area contributed by atoms with E-state index in [4.69, 9.17) is 13.6 Å². The van der Waals surface area contributed by atoms with Crippen LogP contribution in [0.3, 0.4) is 0 Å². The quantitative estimate of drug-likeness (QED) is 0.643. The maximum atomic E-state index is 11.9. The van der Waals surface area contributed by atoms with Gasteiger partial charge >= 0.3 is 0 Å². The maximum absolute atomic E-state index is 11.9. The molecule has 160 valence electrons. The Labute approximate surface area is 167 Å². The molecule has 1 saturated heterocycles. The molecule has 1 aliphatic rings. The number of nitrogens with one attached hydrogen (secondary N) is 1. The molecule has 1 aliphatic heterocycles. The number of rotatable bonds is 6. The molecule has 0 saturated carbocycles. The van der Waals surface area contributed by atoms with Gasteiger partial charge in [0.2, 0.25) is 5.91 Å². The molecule has 2 N–H and O–H groups in total. The summed E-state index contributed by atoms with van der Waals surface area (Å²) in [6.45, 7) is 22.9. The zero-order valence-electron chi connectivity index (χ0n) is 19.1. The van der Waals surface area contributed by atoms with Crippen molar-refractivity contribution in [1.82, 2.24) is 5.32 Å². The first-order valence-electron chi connectivity index (χ1n) is 9.82. The van der Waals surface area contributed by atoms with Gasteiger partial charge in [0, 0.05) is 6.92 Å². The third kappa shape index (κ3) is 5.87. The lowest BCUT2D eigenvalue weighted by Gasteiger charge is -2.41. The number of aliphatic hydroxyl groups is 1. The van der Waals surface area contributed by atoms with E-state index in [2.05, 4.69) is 73.0 Å². The summed E-state index contributed by atoms with van der Waals surface area (Å²) in [4.78, 5) is 11.9. The molecule has 0 aliphatic carbocycles. The summed E-state index contributed by atoms with van der Waals surface area (Å²) in [5, 5.41) is 12.9. The van der Waals surface area contributed by atoms with Crippen LogP contribution in [0.25, 0.3) is 0 Å². The minimum absolute atomic E-state index is 0.00419. The average Bonchev–Trinajstić information content (AvgIpc) is 2.72. The van der Waals surface area contributed by atoms with E-state index < -0.39 is 41.2 Å². The van der Waals surface area contributed by atoms with Crippen LogP contribution in [0, 0.1) is 0 Å². The lowest BCUT2D eigenvalue weighted by Crippen LogP contribution is -2.56. The number of ether oxygens (including phenoxy) is 1. The topological polar surface area (TPSA) is 77.0 Å². The SMILES string of the molecule is CC(=O)N[C@@H]1C(O[Si](C)(C)C(C)(C)C)O[C@H](CO)C1O[Si](C)(C)C(C)(C)C. The minimum Gasteiger partial charge on any atom is -0.409 e. The molecule has 0 radical (unpaired) electrons. The summed E-state index contributed by atoms with van der Waals surface area (Å²) in [5.74, 6) is -0.158. The second-order valence-corrected chi connectivity index (χ2v) is 20.2. The molecule has 4 atom stereocenters. The second kappa shape index (κ2) is 8.24. The molecule has 0 spiro atoms. The van der Waals surface area contributed by atoms with Crippen LogP contribution in [0.15, 0.2) is 0 Å². The van der Waals surface area contributed by atoms with E-state index in [0.717, 1.165) is 0 Å². The Kier molecular flexibility index (Phi) is 7.56. The van der Waals surface area contributed by atoms with Crippen molar-refractivity contribution < 1.29 is 23.5 Å². The molecule has 0 aromatic carbocycles. The fraction of sp³-hybridized carbons (Fsp3) is 0.947. The Morgan fingerprint density at radius 3 is 1.81 bits per heavy atom. The number of hydrogen-bond acceptors (Lipinski definition) is 5. The van der Waals surface area contributed by atoms with Crippen molar-refractivity contribution in [1.29, 1.82) is 0 Å². The van der Waals surface area contributed by atoms with Crippen molar-refractivity contribution in [2.75, 3.05) is 6.61 Å². The van der Waals surface area contributed by atoms with Gasteiger partial charge in [-0.25, -0.2) is 0 Å². The fourth-order valence-electron chi connectivity index (χ4n) is 2.49. The van der Waals surface area contributed by atoms with Crippen LogP contribution >= 0.6 is 0 Å². The first kappa shape index (κ1) is 24.8. The Hall–Kier alpha value is -0.256. The highest BCUT2D eigenvalue weighted by molar-refractivity contribution is 6.74. The molecule has 1 fully saturated rings. The highest BCUT2D eigenvalue weighted by atomic mass is 28.4. The van der Waals surface area contributed by atoms with Crippen molar-refractivity contribution in [3.63, 3.8) is 0 Å². The van der Waals surface area contributed by atoms with Crippen LogP contribution in [0.5, 0.6) is 0 Å². The Morgan fingerprint density at radius 1 is 1.00 bits per heavy atom. The summed E-state index contributed by atoms with van der Waals surface area (Å²) in [5.41, 5.74) is 0. The fourth-order valence-corrected chi connectivity index (χ4v) is 4.96. The summed E-state index contributed by atoms with van der Waals surface area (Å²) in [7, 11) is -4.26. The highest BCUT2D eigenvalue weighted by Crippen LogP contribution is 2.42. The van der Waals surface area contributed by atoms with Crippen LogP contribution in [0.4, 0.5) is 0 Å². The monoisotopic (exact) mass is 419 g/mol. The molecule has 0 bridgehead atoms. The smallest absolute Gasteiger partial charge is 0.217 e. The number of hydrogen-bond donors (Lipinski definition) is 2. The van der Waals surface area contributed by atoms with Gasteiger partial charge in [-0.1, -0.05) is 41.5 Å². The van der Waals surface area contributed by atoms with Crippen molar-refractivity contribution in [3.8, 4) is 0 Å². The molecule has 0 aromatic rings. The van der Waals surface area contributed by atoms with Gasteiger partial charge in [0.25, 0.3) is 0 Å². The third-order valence-electron chi connectivity index (χ3n) is 6.33. The largest absolute Gasteiger partial charge is 0.409 e. The van der Waals surface area contributed by atoms with Gasteiger partial charge in [-0.05, 0) is 36.3 Å². The standard InChI is InChI=1S/C19H41NO5Si2/c1-13(22)20-15-16(24-26(8,9)18(2,3)4)14(12-21)23-17(15)25-27(10,11)19(5,6)7/h14-17,21H,12H2,1-11H3,(H,20,22)/t14-,15+,16?,17?/m1/s1. The summed E-state index contributed by atoms with van der Waals surface area (Å²) in [6, 6.07) is -0.442. The number of amides is 1. The average molecular weight is 420 g/mol. The van der Waals surface area contributed by atoms with E-state index >= 15 is 0 Å². The first-order chi connectivity index (χ1) is 11.9. The second-order valence-electron chi connectivity index (χ2n) is 10.7. The van der Waals surface area contributed by atoms with Crippen molar-refractivity contribution in [2.45, 2.75) is 109 Å². The van der Waals surface area contributed by atoms with Gasteiger partial charge in [0.05, 0.1) is 12.7 Å². The number of carbonyl (C=O) groups excluding carboxylic acids is 1. The Balaban J connectivity index is 3.19. The molecule has 6 nitrogen and oxygen atoms in total. The Morgan fingerprint density at radius 2 is 1.44 bits per heavy atom. The van der Waals surface area contributed by atoms with Crippen LogP contribution in [-0.2, 0) is 18.4 Å². The molecule has 27 heavy (non-hydrogen) atoms. The minimum atomic E-state index is -2.13. The van der Waals surface area contributed by atoms with Gasteiger partial charge < -0.3 is 24.0 Å². The van der Waals surface area contributed by atoms with Crippen LogP contribution in [-0.4, -0.2) is 58.8 Å². The van der Waals surface area contributed by atoms with E-state index in [9.17, 15) is 9.90 Å². The van der Waals surface area contributed by atoms with E-state index in [0.29, 0.717) is 0 Å². The summed E-state index contributed by atoms with van der Waals surface area (Å²) < 4.78 is 19.1. The summed E-state index contributed by atoms with van der Waals surface area (Å²) >= 11 is 0. The van der Waals surface area contributed by atoms with Crippen LogP contribution < -0.4 is 5.32 Å². The van der Waals surface area contributed by atoms with Gasteiger partial charge in [-0.15, -0.1) is 0 Å². The normalized spacial score (nSPS) is 27.7. The number of carbonyl (C=O) groups is 1. The zero-order valence-corrected chi connectivity index (χ0v) is 21.1. The molecule has 2 unspecified atom stereocenters. The molecule has 1 rings (SSSR count). The van der Waals surface area contributed by atoms with Crippen LogP contribution in [0.1, 0.15) is 48.5 Å². The molecule has 8 heteroatoms. The van der Waals surface area contributed by atoms with Gasteiger partial charge in [-0.3, -0.25) is 4.79 Å². The van der Waals surface area contributed by atoms with E-state index in [1.165, 1.54) is 6.92 Å². The number of aliphatic hydroxyl groups excluding tert-OH is 1. The van der Waals surface area contributed by atoms with Gasteiger partial charge in [-0.2, -0.15) is 0 Å². The van der Waals surface area contributed by atoms with Gasteiger partial charge in [0.1, 0.15) is 12.1 Å². The first-order valence-corrected chi connectivity index (χ1v) is 15.6. The Bertz CT molecular complexity index is 525. The molecule has 0 aromatic heterocycles. The lowest BCUT2D eigenvalue weighted by atomic mass is 10.1. The van der Waals surface area contributed by atoms with E-state index in [1.807, 2.05) is 0 Å². The lowest BCUT2D eigenvalue weighted by molar-refractivity contribution is -0.124. The van der Waals surface area contributed by atoms with Crippen molar-refractivity contribution in [3.05, 3.63) is 0 Å². The molecular formula is C19H41NO5Si2. The van der Waals surface area contributed by atoms with Crippen molar-refractivity contribution >= 4 is 22.5 Å². The highest BCUT2D eigenvalue weighted by Gasteiger charge is 2.53. The predicted octanol–water partition coefficient (Wildman–Crippen LogP) is 3.62. The van der Waals surface area contributed by atoms with Gasteiger partial charge in [0.15, 0.2) is 22.9 Å². The molecular weight excluding hydrogens is 378 g/mol.